The second-order valence-corrected chi connectivity index (χ2v) is 5.64. The van der Waals surface area contributed by atoms with Gasteiger partial charge in [0, 0.05) is 0 Å². The summed E-state index contributed by atoms with van der Waals surface area (Å²) < 4.78 is 233. The van der Waals surface area contributed by atoms with E-state index in [1.807, 2.05) is 0 Å². The summed E-state index contributed by atoms with van der Waals surface area (Å²) >= 11 is 0. The number of rotatable bonds is 6. The van der Waals surface area contributed by atoms with Crippen molar-refractivity contribution in [1.82, 2.24) is 0 Å². The van der Waals surface area contributed by atoms with Crippen molar-refractivity contribution >= 4 is 5.78 Å². The summed E-state index contributed by atoms with van der Waals surface area (Å²) in [5.41, 5.74) is -3.60. The molecule has 0 fully saturated rings. The first-order chi connectivity index (χ1) is 13.8. The Morgan fingerprint density at radius 3 is 1.03 bits per heavy atom. The summed E-state index contributed by atoms with van der Waals surface area (Å²) in [4.78, 5) is 11.2. The molecular weight excluding hydrogens is 514 g/mol. The van der Waals surface area contributed by atoms with Gasteiger partial charge in [-0.1, -0.05) is 0 Å². The highest BCUT2D eigenvalue weighted by atomic mass is 19.4. The smallest absolute Gasteiger partial charge is 0.287 e. The largest absolute Gasteiger partial charge is 0.460 e. The van der Waals surface area contributed by atoms with E-state index >= 15 is 0 Å². The van der Waals surface area contributed by atoms with Gasteiger partial charge in [-0.3, -0.25) is 4.79 Å². The second-order valence-electron chi connectivity index (χ2n) is 5.64. The summed E-state index contributed by atoms with van der Waals surface area (Å²) in [7, 11) is 0. The lowest BCUT2D eigenvalue weighted by Crippen LogP contribution is -2.71. The Labute approximate surface area is 161 Å². The quantitative estimate of drug-likeness (QED) is 0.189. The fourth-order valence-electron chi connectivity index (χ4n) is 1.87. The topological polar surface area (TPSA) is 17.1 Å². The number of alkyl halides is 13. The highest BCUT2D eigenvalue weighted by Gasteiger charge is 2.91. The number of hydrogen-bond donors (Lipinski definition) is 0. The third-order valence-corrected chi connectivity index (χ3v) is 3.66. The fraction of sp³-hybridized carbons (Fsp3) is 0.462. The van der Waals surface area contributed by atoms with E-state index in [9.17, 15) is 83.8 Å². The van der Waals surface area contributed by atoms with E-state index < -0.39 is 76.2 Å². The van der Waals surface area contributed by atoms with E-state index in [1.54, 1.807) is 0 Å². The fourth-order valence-corrected chi connectivity index (χ4v) is 1.87. The van der Waals surface area contributed by atoms with Crippen molar-refractivity contribution in [2.75, 3.05) is 0 Å². The number of Topliss-reactive ketones (excluding diaryl/α,β-unsaturated/α-hetero) is 1. The van der Waals surface area contributed by atoms with Crippen molar-refractivity contribution < 1.29 is 83.8 Å². The van der Waals surface area contributed by atoms with Gasteiger partial charge in [0.05, 0.1) is 0 Å². The van der Waals surface area contributed by atoms with E-state index in [1.165, 1.54) is 0 Å². The van der Waals surface area contributed by atoms with Gasteiger partial charge >= 0.3 is 35.8 Å². The number of carbonyl (C=O) groups is 1. The number of benzene rings is 1. The SMILES string of the molecule is O=C(c1c(F)c(F)c(F)c(F)c1F)C(F)(F)C(F)(F)C(F)(F)C(F)(F)C(F)(F)C(F)(F)F. The Morgan fingerprint density at radius 1 is 0.438 bits per heavy atom. The Bertz CT molecular complexity index is 897. The maximum atomic E-state index is 13.6. The molecule has 0 saturated carbocycles. The standard InChI is InChI=1S/C13F18O/c14-2-1(3(15)5(17)6(18)4(2)16)7(32)8(19,20)9(21,22)10(23,24)11(25,26)12(27,28)13(29,30)31. The Balaban J connectivity index is 3.79. The van der Waals surface area contributed by atoms with Crippen molar-refractivity contribution in [3.63, 3.8) is 0 Å². The molecule has 0 N–H and O–H groups in total. The maximum Gasteiger partial charge on any atom is 0.460 e. The normalized spacial score (nSPS) is 14.7. The summed E-state index contributed by atoms with van der Waals surface area (Å²) in [5.74, 6) is -62.8. The molecule has 0 heterocycles. The zero-order chi connectivity index (χ0) is 26.0. The van der Waals surface area contributed by atoms with Gasteiger partial charge in [0.1, 0.15) is 5.56 Å². The van der Waals surface area contributed by atoms with Gasteiger partial charge in [0.2, 0.25) is 11.6 Å². The molecule has 0 aliphatic heterocycles. The van der Waals surface area contributed by atoms with Crippen LogP contribution in [0.4, 0.5) is 79.0 Å². The van der Waals surface area contributed by atoms with E-state index in [0.29, 0.717) is 0 Å². The van der Waals surface area contributed by atoms with Crippen LogP contribution >= 0.6 is 0 Å². The van der Waals surface area contributed by atoms with Crippen LogP contribution in [0.2, 0.25) is 0 Å². The molecule has 0 atom stereocenters. The lowest BCUT2D eigenvalue weighted by molar-refractivity contribution is -0.435. The average molecular weight is 514 g/mol. The van der Waals surface area contributed by atoms with Crippen molar-refractivity contribution in [3.8, 4) is 0 Å². The van der Waals surface area contributed by atoms with Crippen LogP contribution in [0.3, 0.4) is 0 Å². The zero-order valence-electron chi connectivity index (χ0n) is 13.7. The van der Waals surface area contributed by atoms with Gasteiger partial charge in [0.15, 0.2) is 23.3 Å². The first kappa shape index (κ1) is 27.7. The van der Waals surface area contributed by atoms with Crippen LogP contribution in [0.25, 0.3) is 0 Å². The molecule has 0 saturated heterocycles. The van der Waals surface area contributed by atoms with Gasteiger partial charge in [-0.05, 0) is 0 Å². The summed E-state index contributed by atoms with van der Waals surface area (Å²) in [6, 6.07) is 0. The molecule has 1 rings (SSSR count). The number of hydrogen-bond acceptors (Lipinski definition) is 1. The van der Waals surface area contributed by atoms with Gasteiger partial charge in [-0.15, -0.1) is 0 Å². The summed E-state index contributed by atoms with van der Waals surface area (Å²) in [6.45, 7) is 0. The highest BCUT2D eigenvalue weighted by molar-refractivity contribution is 6.02. The lowest BCUT2D eigenvalue weighted by atomic mass is 9.90. The van der Waals surface area contributed by atoms with Crippen LogP contribution < -0.4 is 0 Å². The minimum absolute atomic E-state index is 3.20. The van der Waals surface area contributed by atoms with E-state index in [2.05, 4.69) is 0 Å². The molecule has 19 heteroatoms. The molecule has 0 amide bonds. The van der Waals surface area contributed by atoms with E-state index in [-0.39, 0.29) is 0 Å². The average Bonchev–Trinajstić information content (AvgIpc) is 2.63. The number of halogens is 18. The number of carbonyl (C=O) groups excluding carboxylic acids is 1. The Hall–Kier alpha value is -2.37. The number of ketones is 1. The molecule has 0 aliphatic rings. The van der Waals surface area contributed by atoms with Crippen LogP contribution in [0, 0.1) is 29.1 Å². The molecule has 0 bridgehead atoms. The predicted octanol–water partition coefficient (Wildman–Crippen LogP) is 6.30. The van der Waals surface area contributed by atoms with Crippen LogP contribution in [0.5, 0.6) is 0 Å². The van der Waals surface area contributed by atoms with Gasteiger partial charge < -0.3 is 0 Å². The third-order valence-electron chi connectivity index (χ3n) is 3.66. The third kappa shape index (κ3) is 3.34. The molecular formula is C13F18O. The molecule has 0 unspecified atom stereocenters. The second kappa shape index (κ2) is 7.32. The summed E-state index contributed by atoms with van der Waals surface area (Å²) in [5, 5.41) is 0. The molecule has 0 radical (unpaired) electrons. The van der Waals surface area contributed by atoms with Crippen LogP contribution in [0.1, 0.15) is 10.4 Å². The molecule has 1 aromatic rings. The molecule has 0 spiro atoms. The molecule has 1 aromatic carbocycles. The van der Waals surface area contributed by atoms with Crippen molar-refractivity contribution in [2.24, 2.45) is 0 Å². The molecule has 184 valence electrons. The van der Waals surface area contributed by atoms with Gasteiger partial charge in [0.25, 0.3) is 0 Å². The Kier molecular flexibility index (Phi) is 6.33. The van der Waals surface area contributed by atoms with E-state index in [0.717, 1.165) is 0 Å². The van der Waals surface area contributed by atoms with Crippen molar-refractivity contribution in [1.29, 1.82) is 0 Å². The van der Waals surface area contributed by atoms with Crippen molar-refractivity contribution in [3.05, 3.63) is 34.6 Å². The van der Waals surface area contributed by atoms with Crippen LogP contribution in [-0.2, 0) is 0 Å². The lowest BCUT2D eigenvalue weighted by Gasteiger charge is -2.39. The molecule has 32 heavy (non-hydrogen) atoms. The van der Waals surface area contributed by atoms with Crippen LogP contribution in [0.15, 0.2) is 0 Å². The minimum Gasteiger partial charge on any atom is -0.287 e. The first-order valence-electron chi connectivity index (χ1n) is 6.86. The minimum atomic E-state index is -8.51. The van der Waals surface area contributed by atoms with E-state index in [4.69, 9.17) is 0 Å². The van der Waals surface area contributed by atoms with Crippen molar-refractivity contribution in [2.45, 2.75) is 35.8 Å². The zero-order valence-corrected chi connectivity index (χ0v) is 13.7. The molecule has 1 nitrogen and oxygen atoms in total. The summed E-state index contributed by atoms with van der Waals surface area (Å²) in [6.07, 6.45) is -7.77. The first-order valence-corrected chi connectivity index (χ1v) is 6.86. The molecule has 0 aromatic heterocycles. The predicted molar refractivity (Wildman–Crippen MR) is 61.4 cm³/mol. The highest BCUT2D eigenvalue weighted by Crippen LogP contribution is 2.60. The maximum absolute atomic E-state index is 13.6. The van der Waals surface area contributed by atoms with Crippen LogP contribution in [-0.4, -0.2) is 41.6 Å². The molecule has 0 aliphatic carbocycles. The van der Waals surface area contributed by atoms with Gasteiger partial charge in [-0.2, -0.15) is 57.1 Å². The van der Waals surface area contributed by atoms with Gasteiger partial charge in [-0.25, -0.2) is 22.0 Å². The monoisotopic (exact) mass is 514 g/mol. The Morgan fingerprint density at radius 2 is 0.719 bits per heavy atom.